The van der Waals surface area contributed by atoms with Crippen LogP contribution in [-0.4, -0.2) is 44.9 Å². The maximum atomic E-state index is 13.8. The van der Waals surface area contributed by atoms with Crippen LogP contribution in [0.3, 0.4) is 0 Å². The van der Waals surface area contributed by atoms with Crippen molar-refractivity contribution in [2.45, 2.75) is 31.2 Å². The molecule has 6 nitrogen and oxygen atoms in total. The molecule has 1 heterocycles. The molecule has 1 fully saturated rings. The van der Waals surface area contributed by atoms with Crippen molar-refractivity contribution in [3.8, 4) is 0 Å². The van der Waals surface area contributed by atoms with E-state index in [1.54, 1.807) is 46.8 Å². The first-order valence-electron chi connectivity index (χ1n) is 10.3. The molecule has 3 rings (SSSR count). The van der Waals surface area contributed by atoms with Crippen LogP contribution < -0.4 is 10.6 Å². The third-order valence-electron chi connectivity index (χ3n) is 5.22. The Balaban J connectivity index is 0.00000341. The predicted molar refractivity (Wildman–Crippen MR) is 133 cm³/mol. The fourth-order valence-corrected chi connectivity index (χ4v) is 4.96. The highest BCUT2D eigenvalue weighted by molar-refractivity contribution is 14.0. The maximum Gasteiger partial charge on any atom is 0.243 e. The molecule has 2 aromatic carbocycles. The Kier molecular flexibility index (Phi) is 10.2. The monoisotopic (exact) mass is 560 g/mol. The highest BCUT2D eigenvalue weighted by Crippen LogP contribution is 2.23. The van der Waals surface area contributed by atoms with Crippen LogP contribution in [0, 0.1) is 11.7 Å². The van der Waals surface area contributed by atoms with E-state index in [1.165, 1.54) is 6.07 Å². The average molecular weight is 560 g/mol. The summed E-state index contributed by atoms with van der Waals surface area (Å²) in [4.78, 5) is 4.81. The van der Waals surface area contributed by atoms with Crippen molar-refractivity contribution >= 4 is 40.0 Å². The largest absolute Gasteiger partial charge is 0.357 e. The molecule has 9 heteroatoms. The van der Waals surface area contributed by atoms with Gasteiger partial charge in [0.05, 0.1) is 11.4 Å². The van der Waals surface area contributed by atoms with Crippen LogP contribution in [0.1, 0.15) is 25.3 Å². The smallest absolute Gasteiger partial charge is 0.243 e. The SMILES string of the molecule is CCNC(=NCc1ccccc1F)NCC1CCN(S(=O)(=O)c2ccccc2)CC1.I. The third-order valence-corrected chi connectivity index (χ3v) is 7.14. The number of aliphatic imine (C=N–C) groups is 1. The Bertz CT molecular complexity index is 949. The van der Waals surface area contributed by atoms with Gasteiger partial charge in [0.2, 0.25) is 10.0 Å². The van der Waals surface area contributed by atoms with Crippen molar-refractivity contribution < 1.29 is 12.8 Å². The topological polar surface area (TPSA) is 73.8 Å². The van der Waals surface area contributed by atoms with Gasteiger partial charge in [0.15, 0.2) is 5.96 Å². The molecule has 0 aliphatic carbocycles. The lowest BCUT2D eigenvalue weighted by Gasteiger charge is -2.31. The van der Waals surface area contributed by atoms with Crippen molar-refractivity contribution in [1.82, 2.24) is 14.9 Å². The minimum absolute atomic E-state index is 0. The van der Waals surface area contributed by atoms with Gasteiger partial charge in [0.25, 0.3) is 0 Å². The van der Waals surface area contributed by atoms with Crippen LogP contribution in [0.15, 0.2) is 64.5 Å². The molecule has 0 spiro atoms. The number of benzene rings is 2. The fraction of sp³-hybridized carbons (Fsp3) is 0.409. The standard InChI is InChI=1S/C22H29FN4O2S.HI/c1-2-24-22(26-17-19-8-6-7-11-21(19)23)25-16-18-12-14-27(15-13-18)30(28,29)20-9-4-3-5-10-20;/h3-11,18H,2,12-17H2,1H3,(H2,24,25,26);1H. The van der Waals surface area contributed by atoms with E-state index in [-0.39, 0.29) is 36.3 Å². The van der Waals surface area contributed by atoms with E-state index in [9.17, 15) is 12.8 Å². The molecule has 1 saturated heterocycles. The molecule has 0 amide bonds. The number of nitrogens with zero attached hydrogens (tertiary/aromatic N) is 2. The van der Waals surface area contributed by atoms with Crippen molar-refractivity contribution in [2.75, 3.05) is 26.2 Å². The number of halogens is 2. The van der Waals surface area contributed by atoms with E-state index in [1.807, 2.05) is 13.0 Å². The molecule has 2 N–H and O–H groups in total. The number of guanidine groups is 1. The average Bonchev–Trinajstić information content (AvgIpc) is 2.77. The number of piperidine rings is 1. The lowest BCUT2D eigenvalue weighted by Crippen LogP contribution is -2.44. The van der Waals surface area contributed by atoms with Crippen molar-refractivity contribution in [1.29, 1.82) is 0 Å². The molecule has 0 atom stereocenters. The highest BCUT2D eigenvalue weighted by atomic mass is 127. The molecule has 31 heavy (non-hydrogen) atoms. The zero-order valence-electron chi connectivity index (χ0n) is 17.6. The Hall–Kier alpha value is -1.72. The quantitative estimate of drug-likeness (QED) is 0.309. The van der Waals surface area contributed by atoms with Gasteiger partial charge < -0.3 is 10.6 Å². The number of hydrogen-bond acceptors (Lipinski definition) is 3. The first-order valence-corrected chi connectivity index (χ1v) is 11.8. The molecule has 2 aromatic rings. The van der Waals surface area contributed by atoms with Crippen molar-refractivity contribution in [3.05, 3.63) is 66.0 Å². The summed E-state index contributed by atoms with van der Waals surface area (Å²) in [6, 6.07) is 15.2. The van der Waals surface area contributed by atoms with Gasteiger partial charge >= 0.3 is 0 Å². The Labute approximate surface area is 201 Å². The van der Waals surface area contributed by atoms with Gasteiger partial charge in [-0.05, 0) is 43.9 Å². The molecule has 170 valence electrons. The Morgan fingerprint density at radius 1 is 1.06 bits per heavy atom. The predicted octanol–water partition coefficient (Wildman–Crippen LogP) is 3.60. The fourth-order valence-electron chi connectivity index (χ4n) is 3.47. The van der Waals surface area contributed by atoms with Crippen LogP contribution in [0.25, 0.3) is 0 Å². The molecule has 1 aliphatic rings. The number of rotatable bonds is 7. The molecule has 0 bridgehead atoms. The first-order chi connectivity index (χ1) is 14.5. The van der Waals surface area contributed by atoms with Gasteiger partial charge in [-0.2, -0.15) is 4.31 Å². The normalized spacial score (nSPS) is 15.9. The number of nitrogens with one attached hydrogen (secondary N) is 2. The summed E-state index contributed by atoms with van der Waals surface area (Å²) >= 11 is 0. The summed E-state index contributed by atoms with van der Waals surface area (Å²) in [5.41, 5.74) is 0.550. The second-order valence-electron chi connectivity index (χ2n) is 7.33. The number of sulfonamides is 1. The summed E-state index contributed by atoms with van der Waals surface area (Å²) in [5.74, 6) is 0.730. The van der Waals surface area contributed by atoms with Crippen LogP contribution >= 0.6 is 24.0 Å². The van der Waals surface area contributed by atoms with Gasteiger partial charge in [-0.15, -0.1) is 24.0 Å². The Morgan fingerprint density at radius 3 is 2.35 bits per heavy atom. The maximum absolute atomic E-state index is 13.8. The van der Waals surface area contributed by atoms with E-state index in [0.717, 1.165) is 12.8 Å². The minimum atomic E-state index is -3.43. The van der Waals surface area contributed by atoms with Crippen LogP contribution in [0.2, 0.25) is 0 Å². The van der Waals surface area contributed by atoms with Crippen LogP contribution in [0.5, 0.6) is 0 Å². The second-order valence-corrected chi connectivity index (χ2v) is 9.27. The molecular weight excluding hydrogens is 530 g/mol. The van der Waals surface area contributed by atoms with Crippen molar-refractivity contribution in [3.63, 3.8) is 0 Å². The van der Waals surface area contributed by atoms with Gasteiger partial charge in [-0.1, -0.05) is 36.4 Å². The lowest BCUT2D eigenvalue weighted by molar-refractivity contribution is 0.273. The van der Waals surface area contributed by atoms with E-state index >= 15 is 0 Å². The van der Waals surface area contributed by atoms with E-state index in [0.29, 0.717) is 48.5 Å². The lowest BCUT2D eigenvalue weighted by atomic mass is 9.98. The first kappa shape index (κ1) is 25.5. The molecule has 0 radical (unpaired) electrons. The van der Waals surface area contributed by atoms with E-state index in [2.05, 4.69) is 15.6 Å². The second kappa shape index (κ2) is 12.4. The van der Waals surface area contributed by atoms with E-state index in [4.69, 9.17) is 0 Å². The summed E-state index contributed by atoms with van der Waals surface area (Å²) in [6.45, 7) is 4.65. The molecule has 0 unspecified atom stereocenters. The van der Waals surface area contributed by atoms with Crippen molar-refractivity contribution in [2.24, 2.45) is 10.9 Å². The van der Waals surface area contributed by atoms with E-state index < -0.39 is 10.0 Å². The molecular formula is C22H30FIN4O2S. The molecule has 0 aromatic heterocycles. The summed E-state index contributed by atoms with van der Waals surface area (Å²) in [6.07, 6.45) is 1.57. The summed E-state index contributed by atoms with van der Waals surface area (Å²) in [7, 11) is -3.43. The minimum Gasteiger partial charge on any atom is -0.357 e. The third kappa shape index (κ3) is 7.15. The zero-order valence-corrected chi connectivity index (χ0v) is 20.8. The van der Waals surface area contributed by atoms with Gasteiger partial charge in [-0.25, -0.2) is 17.8 Å². The van der Waals surface area contributed by atoms with Gasteiger partial charge in [0, 0.05) is 31.7 Å². The van der Waals surface area contributed by atoms with Crippen LogP contribution in [0.4, 0.5) is 4.39 Å². The number of hydrogen-bond donors (Lipinski definition) is 2. The molecule has 1 aliphatic heterocycles. The summed E-state index contributed by atoms with van der Waals surface area (Å²) < 4.78 is 40.8. The molecule has 0 saturated carbocycles. The van der Waals surface area contributed by atoms with Gasteiger partial charge in [0.1, 0.15) is 5.82 Å². The summed E-state index contributed by atoms with van der Waals surface area (Å²) in [5, 5.41) is 6.49. The highest BCUT2D eigenvalue weighted by Gasteiger charge is 2.29. The van der Waals surface area contributed by atoms with Crippen LogP contribution in [-0.2, 0) is 16.6 Å². The van der Waals surface area contributed by atoms with Gasteiger partial charge in [-0.3, -0.25) is 0 Å². The Morgan fingerprint density at radius 2 is 1.71 bits per heavy atom. The zero-order chi connectivity index (χ0) is 21.4.